The fourth-order valence-corrected chi connectivity index (χ4v) is 3.67. The number of hydrogen-bond acceptors (Lipinski definition) is 3. The number of nitrogens with one attached hydrogen (secondary N) is 1. The lowest BCUT2D eigenvalue weighted by Gasteiger charge is -2.37. The molecule has 0 aliphatic carbocycles. The second-order valence-corrected chi connectivity index (χ2v) is 8.49. The van der Waals surface area contributed by atoms with Gasteiger partial charge < -0.3 is 10.2 Å². The molecule has 0 radical (unpaired) electrons. The Hall–Kier alpha value is -1.39. The monoisotopic (exact) mass is 345 g/mol. The van der Waals surface area contributed by atoms with Crippen LogP contribution < -0.4 is 5.32 Å². The Morgan fingerprint density at radius 2 is 1.84 bits per heavy atom. The number of carbonyl (C=O) groups excluding carboxylic acids is 1. The summed E-state index contributed by atoms with van der Waals surface area (Å²) >= 11 is 0. The van der Waals surface area contributed by atoms with Gasteiger partial charge in [0.15, 0.2) is 0 Å². The van der Waals surface area contributed by atoms with Crippen molar-refractivity contribution >= 4 is 5.91 Å². The van der Waals surface area contributed by atoms with Crippen LogP contribution in [0.1, 0.15) is 39.2 Å². The standard InChI is InChI=1S/C21H35N3O/c1-17(21(2,3)16-23(4)5)22-20(25)19-11-13-24(14-12-19)15-18-9-7-6-8-10-18/h6-10,17,19H,11-16H2,1-5H3,(H,22,25)/t17-/m0/s1. The average Bonchev–Trinajstić information content (AvgIpc) is 2.55. The SMILES string of the molecule is C[C@H](NC(=O)C1CCN(Cc2ccccc2)CC1)C(C)(C)CN(C)C. The van der Waals surface area contributed by atoms with Gasteiger partial charge in [-0.05, 0) is 57.9 Å². The fraction of sp³-hybridized carbons (Fsp3) is 0.667. The molecule has 0 spiro atoms. The van der Waals surface area contributed by atoms with E-state index in [1.807, 2.05) is 0 Å². The van der Waals surface area contributed by atoms with Crippen LogP contribution in [0.25, 0.3) is 0 Å². The number of benzene rings is 1. The zero-order chi connectivity index (χ0) is 18.4. The van der Waals surface area contributed by atoms with Crippen molar-refractivity contribution in [3.8, 4) is 0 Å². The summed E-state index contributed by atoms with van der Waals surface area (Å²) in [6, 6.07) is 10.8. The van der Waals surface area contributed by atoms with Crippen molar-refractivity contribution < 1.29 is 4.79 Å². The number of piperidine rings is 1. The smallest absolute Gasteiger partial charge is 0.223 e. The summed E-state index contributed by atoms with van der Waals surface area (Å²) in [7, 11) is 4.16. The molecule has 1 aromatic rings. The Bertz CT molecular complexity index is 533. The van der Waals surface area contributed by atoms with E-state index in [4.69, 9.17) is 0 Å². The molecule has 1 saturated heterocycles. The van der Waals surface area contributed by atoms with Gasteiger partial charge in [0, 0.05) is 25.0 Å². The lowest BCUT2D eigenvalue weighted by Crippen LogP contribution is -2.50. The Balaban J connectivity index is 1.79. The summed E-state index contributed by atoms with van der Waals surface area (Å²) in [6.07, 6.45) is 1.92. The van der Waals surface area contributed by atoms with Crippen LogP contribution in [0.4, 0.5) is 0 Å². The summed E-state index contributed by atoms with van der Waals surface area (Å²) in [5.41, 5.74) is 1.41. The van der Waals surface area contributed by atoms with Gasteiger partial charge in [0.25, 0.3) is 0 Å². The minimum absolute atomic E-state index is 0.0627. The maximum atomic E-state index is 12.7. The van der Waals surface area contributed by atoms with Crippen LogP contribution in [0.3, 0.4) is 0 Å². The molecule has 140 valence electrons. The average molecular weight is 346 g/mol. The highest BCUT2D eigenvalue weighted by Gasteiger charge is 2.31. The molecule has 1 N–H and O–H groups in total. The summed E-state index contributed by atoms with van der Waals surface area (Å²) in [5, 5.41) is 3.28. The molecule has 1 aromatic carbocycles. The fourth-order valence-electron chi connectivity index (χ4n) is 3.67. The van der Waals surface area contributed by atoms with Crippen LogP contribution in [0.5, 0.6) is 0 Å². The molecule has 1 fully saturated rings. The first-order valence-electron chi connectivity index (χ1n) is 9.49. The zero-order valence-corrected chi connectivity index (χ0v) is 16.6. The lowest BCUT2D eigenvalue weighted by molar-refractivity contribution is -0.128. The van der Waals surface area contributed by atoms with E-state index in [-0.39, 0.29) is 23.3 Å². The number of amides is 1. The van der Waals surface area contributed by atoms with E-state index in [1.54, 1.807) is 0 Å². The topological polar surface area (TPSA) is 35.6 Å². The minimum atomic E-state index is 0.0627. The van der Waals surface area contributed by atoms with Gasteiger partial charge in [0.1, 0.15) is 0 Å². The van der Waals surface area contributed by atoms with E-state index < -0.39 is 0 Å². The third kappa shape index (κ3) is 6.12. The molecule has 0 bridgehead atoms. The molecular formula is C21H35N3O. The van der Waals surface area contributed by atoms with Crippen molar-refractivity contribution in [2.24, 2.45) is 11.3 Å². The van der Waals surface area contributed by atoms with Crippen LogP contribution in [-0.4, -0.2) is 55.5 Å². The second kappa shape index (κ2) is 8.81. The molecule has 1 aliphatic heterocycles. The molecule has 25 heavy (non-hydrogen) atoms. The quantitative estimate of drug-likeness (QED) is 0.825. The normalized spacial score (nSPS) is 18.3. The molecular weight excluding hydrogens is 310 g/mol. The van der Waals surface area contributed by atoms with E-state index >= 15 is 0 Å². The first-order valence-corrected chi connectivity index (χ1v) is 9.49. The van der Waals surface area contributed by atoms with Crippen LogP contribution in [-0.2, 0) is 11.3 Å². The minimum Gasteiger partial charge on any atom is -0.353 e. The second-order valence-electron chi connectivity index (χ2n) is 8.49. The first kappa shape index (κ1) is 19.9. The van der Waals surface area contributed by atoms with Gasteiger partial charge in [0.2, 0.25) is 5.91 Å². The van der Waals surface area contributed by atoms with Crippen LogP contribution in [0, 0.1) is 11.3 Å². The summed E-state index contributed by atoms with van der Waals surface area (Å²) in [6.45, 7) is 10.5. The number of carbonyl (C=O) groups is 1. The lowest BCUT2D eigenvalue weighted by atomic mass is 9.84. The predicted molar refractivity (Wildman–Crippen MR) is 104 cm³/mol. The van der Waals surface area contributed by atoms with E-state index in [1.165, 1.54) is 5.56 Å². The third-order valence-electron chi connectivity index (χ3n) is 5.46. The Morgan fingerprint density at radius 1 is 1.24 bits per heavy atom. The molecule has 0 aromatic heterocycles. The molecule has 0 saturated carbocycles. The van der Waals surface area contributed by atoms with Gasteiger partial charge in [-0.1, -0.05) is 44.2 Å². The summed E-state index contributed by atoms with van der Waals surface area (Å²) in [4.78, 5) is 17.3. The number of hydrogen-bond donors (Lipinski definition) is 1. The maximum Gasteiger partial charge on any atom is 0.223 e. The number of nitrogens with zero attached hydrogens (tertiary/aromatic N) is 2. The molecule has 4 heteroatoms. The van der Waals surface area contributed by atoms with Crippen molar-refractivity contribution in [3.63, 3.8) is 0 Å². The third-order valence-corrected chi connectivity index (χ3v) is 5.46. The van der Waals surface area contributed by atoms with Gasteiger partial charge in [-0.2, -0.15) is 0 Å². The molecule has 0 unspecified atom stereocenters. The predicted octanol–water partition coefficient (Wildman–Crippen LogP) is 2.99. The van der Waals surface area contributed by atoms with Gasteiger partial charge in [-0.15, -0.1) is 0 Å². The van der Waals surface area contributed by atoms with E-state index in [0.29, 0.717) is 0 Å². The largest absolute Gasteiger partial charge is 0.353 e. The van der Waals surface area contributed by atoms with Crippen molar-refractivity contribution in [1.82, 2.24) is 15.1 Å². The zero-order valence-electron chi connectivity index (χ0n) is 16.6. The molecule has 4 nitrogen and oxygen atoms in total. The van der Waals surface area contributed by atoms with Crippen molar-refractivity contribution in [2.75, 3.05) is 33.7 Å². The summed E-state index contributed by atoms with van der Waals surface area (Å²) < 4.78 is 0. The highest BCUT2D eigenvalue weighted by molar-refractivity contribution is 5.79. The highest BCUT2D eigenvalue weighted by atomic mass is 16.2. The molecule has 2 rings (SSSR count). The van der Waals surface area contributed by atoms with Crippen molar-refractivity contribution in [2.45, 2.75) is 46.2 Å². The Kier molecular flexibility index (Phi) is 7.03. The van der Waals surface area contributed by atoms with Gasteiger partial charge >= 0.3 is 0 Å². The van der Waals surface area contributed by atoms with Crippen LogP contribution >= 0.6 is 0 Å². The van der Waals surface area contributed by atoms with Gasteiger partial charge in [0.05, 0.1) is 0 Å². The molecule has 1 amide bonds. The number of rotatable bonds is 7. The van der Waals surface area contributed by atoms with E-state index in [2.05, 4.69) is 80.3 Å². The van der Waals surface area contributed by atoms with Crippen LogP contribution in [0.2, 0.25) is 0 Å². The first-order chi connectivity index (χ1) is 11.8. The highest BCUT2D eigenvalue weighted by Crippen LogP contribution is 2.24. The Labute approximate surface area is 153 Å². The Morgan fingerprint density at radius 3 is 2.40 bits per heavy atom. The van der Waals surface area contributed by atoms with Gasteiger partial charge in [-0.3, -0.25) is 9.69 Å². The molecule has 1 atom stereocenters. The molecule has 1 heterocycles. The van der Waals surface area contributed by atoms with Gasteiger partial charge in [-0.25, -0.2) is 0 Å². The number of likely N-dealkylation sites (tertiary alicyclic amines) is 1. The van der Waals surface area contributed by atoms with Crippen molar-refractivity contribution in [1.29, 1.82) is 0 Å². The van der Waals surface area contributed by atoms with Crippen LogP contribution in [0.15, 0.2) is 30.3 Å². The molecule has 1 aliphatic rings. The van der Waals surface area contributed by atoms with Crippen molar-refractivity contribution in [3.05, 3.63) is 35.9 Å². The van der Waals surface area contributed by atoms with E-state index in [9.17, 15) is 4.79 Å². The van der Waals surface area contributed by atoms with E-state index in [0.717, 1.165) is 39.0 Å². The summed E-state index contributed by atoms with van der Waals surface area (Å²) in [5.74, 6) is 0.392. The maximum absolute atomic E-state index is 12.7.